The predicted molar refractivity (Wildman–Crippen MR) is 87.1 cm³/mol. The number of nitrogens with zero attached hydrogens (tertiary/aromatic N) is 3. The first-order valence-electron chi connectivity index (χ1n) is 8.13. The van der Waals surface area contributed by atoms with Crippen molar-refractivity contribution in [1.82, 2.24) is 14.4 Å². The van der Waals surface area contributed by atoms with Crippen LogP contribution < -0.4 is 5.32 Å². The van der Waals surface area contributed by atoms with Gasteiger partial charge in [-0.2, -0.15) is 0 Å². The van der Waals surface area contributed by atoms with Crippen LogP contribution in [0.3, 0.4) is 0 Å². The van der Waals surface area contributed by atoms with Crippen LogP contribution in [0.1, 0.15) is 37.9 Å². The Balaban J connectivity index is 1.77. The minimum atomic E-state index is -0.111. The van der Waals surface area contributed by atoms with Crippen LogP contribution in [0.2, 0.25) is 0 Å². The third kappa shape index (κ3) is 2.70. The van der Waals surface area contributed by atoms with Crippen molar-refractivity contribution in [3.05, 3.63) is 36.5 Å². The van der Waals surface area contributed by atoms with Gasteiger partial charge in [-0.1, -0.05) is 19.3 Å². The number of aromatic nitrogens is 3. The first-order chi connectivity index (χ1) is 11.3. The minimum absolute atomic E-state index is 0.111. The molecule has 0 amide bonds. The zero-order chi connectivity index (χ0) is 15.6. The van der Waals surface area contributed by atoms with Crippen LogP contribution in [0.25, 0.3) is 17.1 Å². The lowest BCUT2D eigenvalue weighted by atomic mass is 9.95. The summed E-state index contributed by atoms with van der Waals surface area (Å²) >= 11 is 0. The molecule has 1 fully saturated rings. The van der Waals surface area contributed by atoms with Crippen LogP contribution in [0.15, 0.2) is 35.1 Å². The third-order valence-corrected chi connectivity index (χ3v) is 4.43. The van der Waals surface area contributed by atoms with Gasteiger partial charge in [0, 0.05) is 18.4 Å². The smallest absolute Gasteiger partial charge is 0.157 e. The van der Waals surface area contributed by atoms with Crippen molar-refractivity contribution in [2.75, 3.05) is 5.32 Å². The molecule has 4 rings (SSSR count). The fraction of sp³-hybridized carbons (Fsp3) is 0.412. The molecule has 0 saturated heterocycles. The number of anilines is 1. The van der Waals surface area contributed by atoms with Gasteiger partial charge in [0.15, 0.2) is 11.4 Å². The number of nitrogens with one attached hydrogen (secondary N) is 1. The van der Waals surface area contributed by atoms with Gasteiger partial charge >= 0.3 is 0 Å². The summed E-state index contributed by atoms with van der Waals surface area (Å²) in [6, 6.07) is 4.09. The normalized spacial score (nSPS) is 16.0. The van der Waals surface area contributed by atoms with Gasteiger partial charge < -0.3 is 14.8 Å². The summed E-state index contributed by atoms with van der Waals surface area (Å²) in [4.78, 5) is 8.81. The minimum Gasteiger partial charge on any atom is -0.457 e. The molecular weight excluding hydrogens is 292 g/mol. The maximum absolute atomic E-state index is 9.22. The van der Waals surface area contributed by atoms with E-state index in [-0.39, 0.29) is 6.61 Å². The fourth-order valence-corrected chi connectivity index (χ4v) is 3.25. The van der Waals surface area contributed by atoms with Crippen molar-refractivity contribution >= 4 is 11.5 Å². The van der Waals surface area contributed by atoms with Crippen LogP contribution in [-0.2, 0) is 6.61 Å². The SMILES string of the molecule is OCc1ccc(-c2nc3cnccn3c2NC2CCCCC2)o1. The number of aliphatic hydroxyl groups is 1. The second-order valence-corrected chi connectivity index (χ2v) is 6.02. The van der Waals surface area contributed by atoms with E-state index in [2.05, 4.69) is 15.3 Å². The third-order valence-electron chi connectivity index (χ3n) is 4.43. The molecule has 23 heavy (non-hydrogen) atoms. The Kier molecular flexibility index (Phi) is 3.75. The molecule has 0 atom stereocenters. The monoisotopic (exact) mass is 312 g/mol. The van der Waals surface area contributed by atoms with Crippen molar-refractivity contribution in [2.24, 2.45) is 0 Å². The number of aliphatic hydroxyl groups excluding tert-OH is 1. The molecule has 0 bridgehead atoms. The molecule has 1 saturated carbocycles. The summed E-state index contributed by atoms with van der Waals surface area (Å²) in [6.07, 6.45) is 11.6. The van der Waals surface area contributed by atoms with E-state index in [9.17, 15) is 5.11 Å². The summed E-state index contributed by atoms with van der Waals surface area (Å²) < 4.78 is 7.70. The number of hydrogen-bond acceptors (Lipinski definition) is 5. The Morgan fingerprint density at radius 1 is 1.26 bits per heavy atom. The van der Waals surface area contributed by atoms with E-state index in [1.807, 2.05) is 16.7 Å². The fourth-order valence-electron chi connectivity index (χ4n) is 3.25. The van der Waals surface area contributed by atoms with Crippen LogP contribution in [0.5, 0.6) is 0 Å². The van der Waals surface area contributed by atoms with E-state index in [0.29, 0.717) is 17.6 Å². The second kappa shape index (κ2) is 6.04. The number of rotatable bonds is 4. The summed E-state index contributed by atoms with van der Waals surface area (Å²) in [5.41, 5.74) is 1.55. The molecular formula is C17H20N4O2. The van der Waals surface area contributed by atoms with Crippen LogP contribution in [0.4, 0.5) is 5.82 Å². The van der Waals surface area contributed by atoms with Crippen molar-refractivity contribution in [1.29, 1.82) is 0 Å². The number of fused-ring (bicyclic) bond motifs is 1. The summed E-state index contributed by atoms with van der Waals surface area (Å²) in [5, 5.41) is 12.9. The van der Waals surface area contributed by atoms with Gasteiger partial charge in [-0.3, -0.25) is 9.38 Å². The molecule has 6 heteroatoms. The van der Waals surface area contributed by atoms with E-state index >= 15 is 0 Å². The first-order valence-corrected chi connectivity index (χ1v) is 8.13. The zero-order valence-electron chi connectivity index (χ0n) is 12.9. The van der Waals surface area contributed by atoms with Gasteiger partial charge in [0.05, 0.1) is 6.20 Å². The summed E-state index contributed by atoms with van der Waals surface area (Å²) in [5.74, 6) is 2.14. The van der Waals surface area contributed by atoms with E-state index < -0.39 is 0 Å². The Bertz CT molecular complexity index is 802. The van der Waals surface area contributed by atoms with Crippen molar-refractivity contribution in [3.8, 4) is 11.5 Å². The highest BCUT2D eigenvalue weighted by Gasteiger charge is 2.21. The highest BCUT2D eigenvalue weighted by molar-refractivity contribution is 5.73. The zero-order valence-corrected chi connectivity index (χ0v) is 12.9. The van der Waals surface area contributed by atoms with Gasteiger partial charge in [-0.15, -0.1) is 0 Å². The Labute approximate surface area is 134 Å². The molecule has 3 aromatic rings. The lowest BCUT2D eigenvalue weighted by Crippen LogP contribution is -2.23. The average molecular weight is 312 g/mol. The standard InChI is InChI=1S/C17H20N4O2/c22-11-13-6-7-14(23-13)16-17(19-12-4-2-1-3-5-12)21-9-8-18-10-15(21)20-16/h6-10,12,19,22H,1-5,11H2. The highest BCUT2D eigenvalue weighted by Crippen LogP contribution is 2.32. The Morgan fingerprint density at radius 3 is 2.91 bits per heavy atom. The van der Waals surface area contributed by atoms with Gasteiger partial charge in [0.25, 0.3) is 0 Å². The number of hydrogen-bond donors (Lipinski definition) is 2. The van der Waals surface area contributed by atoms with Gasteiger partial charge in [0.2, 0.25) is 0 Å². The molecule has 0 aliphatic heterocycles. The molecule has 0 spiro atoms. The van der Waals surface area contributed by atoms with E-state index in [4.69, 9.17) is 4.42 Å². The van der Waals surface area contributed by atoms with Gasteiger partial charge in [0.1, 0.15) is 23.9 Å². The van der Waals surface area contributed by atoms with Gasteiger partial charge in [-0.25, -0.2) is 4.98 Å². The van der Waals surface area contributed by atoms with E-state index in [1.54, 1.807) is 18.5 Å². The Hall–Kier alpha value is -2.34. The topological polar surface area (TPSA) is 75.6 Å². The molecule has 1 aliphatic rings. The largest absolute Gasteiger partial charge is 0.457 e. The van der Waals surface area contributed by atoms with Crippen LogP contribution in [-0.4, -0.2) is 25.5 Å². The lowest BCUT2D eigenvalue weighted by Gasteiger charge is -2.23. The van der Waals surface area contributed by atoms with Crippen molar-refractivity contribution in [2.45, 2.75) is 44.8 Å². The number of furan rings is 1. The highest BCUT2D eigenvalue weighted by atomic mass is 16.4. The molecule has 3 aromatic heterocycles. The average Bonchev–Trinajstić information content (AvgIpc) is 3.21. The quantitative estimate of drug-likeness (QED) is 0.773. The predicted octanol–water partition coefficient (Wildman–Crippen LogP) is 3.23. The molecule has 120 valence electrons. The molecule has 0 aromatic carbocycles. The summed E-state index contributed by atoms with van der Waals surface area (Å²) in [6.45, 7) is -0.111. The summed E-state index contributed by atoms with van der Waals surface area (Å²) in [7, 11) is 0. The van der Waals surface area contributed by atoms with Gasteiger partial charge in [-0.05, 0) is 25.0 Å². The van der Waals surface area contributed by atoms with Crippen molar-refractivity contribution in [3.63, 3.8) is 0 Å². The van der Waals surface area contributed by atoms with E-state index in [0.717, 1.165) is 17.2 Å². The molecule has 1 aliphatic carbocycles. The van der Waals surface area contributed by atoms with E-state index in [1.165, 1.54) is 32.1 Å². The van der Waals surface area contributed by atoms with Crippen molar-refractivity contribution < 1.29 is 9.52 Å². The van der Waals surface area contributed by atoms with Crippen LogP contribution >= 0.6 is 0 Å². The first kappa shape index (κ1) is 14.3. The molecule has 3 heterocycles. The molecule has 2 N–H and O–H groups in total. The number of imidazole rings is 1. The second-order valence-electron chi connectivity index (χ2n) is 6.02. The van der Waals surface area contributed by atoms with Crippen LogP contribution in [0, 0.1) is 0 Å². The maximum atomic E-state index is 9.22. The molecule has 6 nitrogen and oxygen atoms in total. The molecule has 0 radical (unpaired) electrons. The maximum Gasteiger partial charge on any atom is 0.157 e. The lowest BCUT2D eigenvalue weighted by molar-refractivity contribution is 0.248. The Morgan fingerprint density at radius 2 is 2.13 bits per heavy atom. The molecule has 0 unspecified atom stereocenters.